The van der Waals surface area contributed by atoms with Gasteiger partial charge in [0.1, 0.15) is 0 Å². The summed E-state index contributed by atoms with van der Waals surface area (Å²) in [5.74, 6) is 0. The molecule has 0 bridgehead atoms. The Hall–Kier alpha value is -0.0800. The van der Waals surface area contributed by atoms with Gasteiger partial charge in [-0.15, -0.1) is 0 Å². The van der Waals surface area contributed by atoms with Gasteiger partial charge in [-0.25, -0.2) is 0 Å². The normalized spacial score (nSPS) is 11.6. The number of hydrogen-bond donors (Lipinski definition) is 0. The van der Waals surface area contributed by atoms with Crippen molar-refractivity contribution in [3.05, 3.63) is 0 Å². The first-order valence-corrected chi connectivity index (χ1v) is 7.07. The Morgan fingerprint density at radius 3 is 1.88 bits per heavy atom. The number of hydrogen-bond acceptors (Lipinski definition) is 2. The molecule has 0 rings (SSSR count). The Morgan fingerprint density at radius 1 is 0.625 bits per heavy atom. The lowest BCUT2D eigenvalue weighted by molar-refractivity contribution is 0.250. The van der Waals surface area contributed by atoms with E-state index in [1.165, 1.54) is 64.7 Å². The molecule has 0 aromatic carbocycles. The summed E-state index contributed by atoms with van der Waals surface area (Å²) in [6.07, 6.45) is 8.13. The minimum absolute atomic E-state index is 1.22. The predicted molar refractivity (Wildman–Crippen MR) is 74.0 cm³/mol. The van der Waals surface area contributed by atoms with Crippen LogP contribution in [0, 0.1) is 0 Å². The third-order valence-electron chi connectivity index (χ3n) is 2.95. The molecule has 0 aromatic rings. The van der Waals surface area contributed by atoms with Gasteiger partial charge in [-0.3, -0.25) is 0 Å². The second-order valence-electron chi connectivity index (χ2n) is 5.06. The maximum atomic E-state index is 2.64. The van der Waals surface area contributed by atoms with Gasteiger partial charge in [-0.2, -0.15) is 0 Å². The molecule has 0 N–H and O–H groups in total. The van der Waals surface area contributed by atoms with Crippen molar-refractivity contribution in [1.82, 2.24) is 9.80 Å². The van der Waals surface area contributed by atoms with Crippen molar-refractivity contribution in [2.75, 3.05) is 40.3 Å². The van der Waals surface area contributed by atoms with Crippen LogP contribution in [0.25, 0.3) is 0 Å². The van der Waals surface area contributed by atoms with Crippen LogP contribution in [0.5, 0.6) is 0 Å². The fraction of sp³-hybridized carbons (Fsp3) is 1.00. The van der Waals surface area contributed by atoms with Crippen LogP contribution in [0.3, 0.4) is 0 Å². The standard InChI is InChI=1S/C14H32N2/c1-5-7-8-9-13-16(11-6-2)14-10-12-15(3)4/h5-14H2,1-4H3. The Balaban J connectivity index is 3.53. The van der Waals surface area contributed by atoms with Crippen molar-refractivity contribution < 1.29 is 0 Å². The van der Waals surface area contributed by atoms with Crippen molar-refractivity contribution in [1.29, 1.82) is 0 Å². The zero-order valence-electron chi connectivity index (χ0n) is 12.0. The van der Waals surface area contributed by atoms with Crippen LogP contribution in [0.15, 0.2) is 0 Å². The average Bonchev–Trinajstić information content (AvgIpc) is 2.23. The lowest BCUT2D eigenvalue weighted by Crippen LogP contribution is -2.29. The fourth-order valence-corrected chi connectivity index (χ4v) is 2.02. The molecule has 2 heteroatoms. The molecule has 0 atom stereocenters. The molecule has 16 heavy (non-hydrogen) atoms. The number of unbranched alkanes of at least 4 members (excludes halogenated alkanes) is 3. The topological polar surface area (TPSA) is 6.48 Å². The second kappa shape index (κ2) is 11.4. The molecule has 0 heterocycles. The Kier molecular flexibility index (Phi) is 11.3. The largest absolute Gasteiger partial charge is 0.309 e. The van der Waals surface area contributed by atoms with Crippen molar-refractivity contribution >= 4 is 0 Å². The summed E-state index contributed by atoms with van der Waals surface area (Å²) in [6, 6.07) is 0. The highest BCUT2D eigenvalue weighted by atomic mass is 15.1. The molecule has 0 aliphatic rings. The third kappa shape index (κ3) is 10.4. The van der Waals surface area contributed by atoms with Crippen molar-refractivity contribution in [3.63, 3.8) is 0 Å². The van der Waals surface area contributed by atoms with E-state index in [2.05, 4.69) is 37.7 Å². The summed E-state index contributed by atoms with van der Waals surface area (Å²) in [5, 5.41) is 0. The van der Waals surface area contributed by atoms with Crippen LogP contribution < -0.4 is 0 Å². The molecular formula is C14H32N2. The van der Waals surface area contributed by atoms with E-state index in [0.717, 1.165) is 0 Å². The van der Waals surface area contributed by atoms with Gasteiger partial charge in [0, 0.05) is 0 Å². The zero-order valence-corrected chi connectivity index (χ0v) is 12.0. The first-order valence-electron chi connectivity index (χ1n) is 7.07. The van der Waals surface area contributed by atoms with E-state index in [0.29, 0.717) is 0 Å². The maximum absolute atomic E-state index is 2.64. The molecule has 0 radical (unpaired) electrons. The highest BCUT2D eigenvalue weighted by molar-refractivity contribution is 4.59. The Bertz CT molecular complexity index is 135. The minimum atomic E-state index is 1.22. The lowest BCUT2D eigenvalue weighted by Gasteiger charge is -2.22. The van der Waals surface area contributed by atoms with Gasteiger partial charge in [-0.1, -0.05) is 33.1 Å². The first kappa shape index (κ1) is 15.9. The molecule has 0 aliphatic carbocycles. The molecule has 0 unspecified atom stereocenters. The summed E-state index contributed by atoms with van der Waals surface area (Å²) in [7, 11) is 4.32. The van der Waals surface area contributed by atoms with Crippen molar-refractivity contribution in [2.24, 2.45) is 0 Å². The van der Waals surface area contributed by atoms with Gasteiger partial charge in [0.25, 0.3) is 0 Å². The van der Waals surface area contributed by atoms with Crippen molar-refractivity contribution in [3.8, 4) is 0 Å². The van der Waals surface area contributed by atoms with E-state index < -0.39 is 0 Å². The molecule has 2 nitrogen and oxygen atoms in total. The van der Waals surface area contributed by atoms with Gasteiger partial charge in [0.15, 0.2) is 0 Å². The SMILES string of the molecule is CCCCCCN(CCC)CCCN(C)C. The second-order valence-corrected chi connectivity index (χ2v) is 5.06. The highest BCUT2D eigenvalue weighted by Gasteiger charge is 2.03. The predicted octanol–water partition coefficient (Wildman–Crippen LogP) is 3.23. The van der Waals surface area contributed by atoms with Crippen molar-refractivity contribution in [2.45, 2.75) is 52.4 Å². The van der Waals surface area contributed by atoms with Crippen LogP contribution in [0.2, 0.25) is 0 Å². The van der Waals surface area contributed by atoms with Gasteiger partial charge < -0.3 is 9.80 Å². The molecule has 0 aliphatic heterocycles. The maximum Gasteiger partial charge on any atom is -0.000655 e. The summed E-state index contributed by atoms with van der Waals surface area (Å²) >= 11 is 0. The van der Waals surface area contributed by atoms with Gasteiger partial charge in [0.05, 0.1) is 0 Å². The van der Waals surface area contributed by atoms with Crippen LogP contribution in [0.4, 0.5) is 0 Å². The van der Waals surface area contributed by atoms with E-state index in [9.17, 15) is 0 Å². The summed E-state index contributed by atoms with van der Waals surface area (Å²) < 4.78 is 0. The number of rotatable bonds is 11. The van der Waals surface area contributed by atoms with Crippen LogP contribution >= 0.6 is 0 Å². The lowest BCUT2D eigenvalue weighted by atomic mass is 10.2. The fourth-order valence-electron chi connectivity index (χ4n) is 2.02. The Labute approximate surface area is 103 Å². The molecule has 0 amide bonds. The summed E-state index contributed by atoms with van der Waals surface area (Å²) in [5.41, 5.74) is 0. The quantitative estimate of drug-likeness (QED) is 0.501. The van der Waals surface area contributed by atoms with E-state index in [4.69, 9.17) is 0 Å². The van der Waals surface area contributed by atoms with E-state index in [1.54, 1.807) is 0 Å². The van der Waals surface area contributed by atoms with E-state index >= 15 is 0 Å². The molecule has 0 saturated heterocycles. The molecule has 98 valence electrons. The monoisotopic (exact) mass is 228 g/mol. The summed E-state index contributed by atoms with van der Waals surface area (Å²) in [6.45, 7) is 9.64. The summed E-state index contributed by atoms with van der Waals surface area (Å²) in [4.78, 5) is 4.92. The molecule has 0 spiro atoms. The molecule has 0 aromatic heterocycles. The molecule has 0 saturated carbocycles. The van der Waals surface area contributed by atoms with Crippen LogP contribution in [-0.2, 0) is 0 Å². The molecular weight excluding hydrogens is 196 g/mol. The average molecular weight is 228 g/mol. The smallest absolute Gasteiger partial charge is 0.000655 e. The Morgan fingerprint density at radius 2 is 1.31 bits per heavy atom. The molecule has 0 fully saturated rings. The highest BCUT2D eigenvalue weighted by Crippen LogP contribution is 2.03. The van der Waals surface area contributed by atoms with E-state index in [1.807, 2.05) is 0 Å². The van der Waals surface area contributed by atoms with Gasteiger partial charge in [-0.05, 0) is 59.5 Å². The van der Waals surface area contributed by atoms with Gasteiger partial charge >= 0.3 is 0 Å². The third-order valence-corrected chi connectivity index (χ3v) is 2.95. The first-order chi connectivity index (χ1) is 7.70. The number of nitrogens with zero attached hydrogens (tertiary/aromatic N) is 2. The zero-order chi connectivity index (χ0) is 12.2. The minimum Gasteiger partial charge on any atom is -0.309 e. The van der Waals surface area contributed by atoms with E-state index in [-0.39, 0.29) is 0 Å². The van der Waals surface area contributed by atoms with Crippen LogP contribution in [0.1, 0.15) is 52.4 Å². The van der Waals surface area contributed by atoms with Crippen LogP contribution in [-0.4, -0.2) is 50.1 Å². The van der Waals surface area contributed by atoms with Gasteiger partial charge in [0.2, 0.25) is 0 Å².